The van der Waals surface area contributed by atoms with Crippen LogP contribution >= 0.6 is 0 Å². The molecule has 0 bridgehead atoms. The zero-order valence-corrected chi connectivity index (χ0v) is 19.1. The molecule has 0 spiro atoms. The Balaban J connectivity index is 1.60. The number of rotatable bonds is 6. The Hall–Kier alpha value is -4.06. The SMILES string of the molecule is CCOC(=O)CC1C(C(=O)OCC)=C(N)Oc2ccc(-c3cccc4c3-c3ccccc3-4)cc21. The third kappa shape index (κ3) is 3.52. The van der Waals surface area contributed by atoms with Gasteiger partial charge in [0, 0.05) is 11.5 Å². The molecule has 1 aliphatic heterocycles. The number of hydrogen-bond donors (Lipinski definition) is 1. The highest BCUT2D eigenvalue weighted by Crippen LogP contribution is 2.52. The van der Waals surface area contributed by atoms with E-state index in [1.54, 1.807) is 13.8 Å². The van der Waals surface area contributed by atoms with Crippen molar-refractivity contribution in [3.05, 3.63) is 77.7 Å². The van der Waals surface area contributed by atoms with E-state index in [-0.39, 0.29) is 31.1 Å². The van der Waals surface area contributed by atoms with Gasteiger partial charge in [-0.1, -0.05) is 48.5 Å². The van der Waals surface area contributed by atoms with Crippen LogP contribution in [-0.4, -0.2) is 25.2 Å². The van der Waals surface area contributed by atoms with Gasteiger partial charge < -0.3 is 19.9 Å². The third-order valence-electron chi connectivity index (χ3n) is 6.25. The number of nitrogens with two attached hydrogens (primary N) is 1. The third-order valence-corrected chi connectivity index (χ3v) is 6.25. The standard InChI is InChI=1S/C28H25NO5/c1-3-32-24(30)15-22-21-14-16(12-13-23(21)34-27(29)26(22)28(31)33-4-2)17-10-7-11-20-18-8-5-6-9-19(18)25(17)20/h5-14,22H,3-4,15,29H2,1-2H3. The quantitative estimate of drug-likeness (QED) is 0.404. The van der Waals surface area contributed by atoms with Crippen molar-refractivity contribution < 1.29 is 23.8 Å². The van der Waals surface area contributed by atoms with E-state index in [0.717, 1.165) is 11.1 Å². The Bertz CT molecular complexity index is 1340. The summed E-state index contributed by atoms with van der Waals surface area (Å²) in [5.74, 6) is -1.19. The fourth-order valence-electron chi connectivity index (χ4n) is 4.81. The Morgan fingerprint density at radius 2 is 1.59 bits per heavy atom. The van der Waals surface area contributed by atoms with Gasteiger partial charge in [0.25, 0.3) is 0 Å². The number of carbonyl (C=O) groups excluding carboxylic acids is 2. The van der Waals surface area contributed by atoms with Crippen LogP contribution in [0.25, 0.3) is 33.4 Å². The minimum atomic E-state index is -0.636. The fraction of sp³-hybridized carbons (Fsp3) is 0.214. The molecule has 0 fully saturated rings. The summed E-state index contributed by atoms with van der Waals surface area (Å²) in [6.07, 6.45) is -0.0434. The molecule has 0 amide bonds. The van der Waals surface area contributed by atoms with Gasteiger partial charge in [0.05, 0.1) is 19.6 Å². The van der Waals surface area contributed by atoms with Crippen molar-refractivity contribution in [3.8, 4) is 39.1 Å². The van der Waals surface area contributed by atoms with Crippen LogP contribution in [0.4, 0.5) is 0 Å². The number of ether oxygens (including phenoxy) is 3. The monoisotopic (exact) mass is 455 g/mol. The summed E-state index contributed by atoms with van der Waals surface area (Å²) < 4.78 is 16.2. The van der Waals surface area contributed by atoms with Gasteiger partial charge in [0.1, 0.15) is 11.3 Å². The molecular weight excluding hydrogens is 430 g/mol. The van der Waals surface area contributed by atoms with Gasteiger partial charge in [0.15, 0.2) is 0 Å². The van der Waals surface area contributed by atoms with Gasteiger partial charge in [-0.25, -0.2) is 4.79 Å². The van der Waals surface area contributed by atoms with Crippen molar-refractivity contribution in [1.29, 1.82) is 0 Å². The molecule has 6 nitrogen and oxygen atoms in total. The molecule has 3 aromatic carbocycles. The molecule has 34 heavy (non-hydrogen) atoms. The zero-order valence-electron chi connectivity index (χ0n) is 19.1. The highest BCUT2D eigenvalue weighted by Gasteiger charge is 2.36. The predicted molar refractivity (Wildman–Crippen MR) is 129 cm³/mol. The van der Waals surface area contributed by atoms with Crippen molar-refractivity contribution >= 4 is 11.9 Å². The fourth-order valence-corrected chi connectivity index (χ4v) is 4.81. The lowest BCUT2D eigenvalue weighted by atomic mass is 9.76. The van der Waals surface area contributed by atoms with Crippen molar-refractivity contribution in [2.45, 2.75) is 26.2 Å². The Kier molecular flexibility index (Phi) is 5.57. The first-order chi connectivity index (χ1) is 16.5. The molecule has 0 radical (unpaired) electrons. The molecule has 6 heteroatoms. The van der Waals surface area contributed by atoms with E-state index in [4.69, 9.17) is 19.9 Å². The van der Waals surface area contributed by atoms with Gasteiger partial charge in [-0.3, -0.25) is 4.79 Å². The lowest BCUT2D eigenvalue weighted by Crippen LogP contribution is -2.28. The van der Waals surface area contributed by atoms with Crippen LogP contribution in [0, 0.1) is 0 Å². The van der Waals surface area contributed by atoms with Crippen molar-refractivity contribution in [2.24, 2.45) is 5.73 Å². The summed E-state index contributed by atoms with van der Waals surface area (Å²) in [6, 6.07) is 20.3. The van der Waals surface area contributed by atoms with E-state index >= 15 is 0 Å². The van der Waals surface area contributed by atoms with Gasteiger partial charge in [-0.05, 0) is 59.4 Å². The van der Waals surface area contributed by atoms with Gasteiger partial charge in [-0.2, -0.15) is 0 Å². The van der Waals surface area contributed by atoms with Crippen LogP contribution in [0.3, 0.4) is 0 Å². The first kappa shape index (κ1) is 21.8. The van der Waals surface area contributed by atoms with Crippen LogP contribution < -0.4 is 10.5 Å². The first-order valence-corrected chi connectivity index (χ1v) is 11.4. The number of hydrogen-bond acceptors (Lipinski definition) is 6. The minimum Gasteiger partial charge on any atom is -0.466 e. The molecule has 5 rings (SSSR count). The van der Waals surface area contributed by atoms with Gasteiger partial charge in [0.2, 0.25) is 5.88 Å². The summed E-state index contributed by atoms with van der Waals surface area (Å²) in [7, 11) is 0. The maximum Gasteiger partial charge on any atom is 0.340 e. The highest BCUT2D eigenvalue weighted by atomic mass is 16.5. The molecule has 1 heterocycles. The van der Waals surface area contributed by atoms with Gasteiger partial charge >= 0.3 is 11.9 Å². The maximum absolute atomic E-state index is 12.8. The molecular formula is C28H25NO5. The summed E-state index contributed by atoms with van der Waals surface area (Å²) in [6.45, 7) is 3.90. The summed E-state index contributed by atoms with van der Waals surface area (Å²) in [5, 5.41) is 0. The van der Waals surface area contributed by atoms with Crippen LogP contribution in [0.1, 0.15) is 31.7 Å². The Morgan fingerprint density at radius 3 is 2.35 bits per heavy atom. The summed E-state index contributed by atoms with van der Waals surface area (Å²) in [5.41, 5.74) is 13.9. The van der Waals surface area contributed by atoms with E-state index < -0.39 is 17.9 Å². The molecule has 3 aromatic rings. The number of esters is 2. The molecule has 2 N–H and O–H groups in total. The van der Waals surface area contributed by atoms with E-state index in [1.807, 2.05) is 36.4 Å². The van der Waals surface area contributed by atoms with Gasteiger partial charge in [-0.15, -0.1) is 0 Å². The molecule has 2 aliphatic rings. The van der Waals surface area contributed by atoms with E-state index in [0.29, 0.717) is 11.3 Å². The zero-order chi connectivity index (χ0) is 23.8. The minimum absolute atomic E-state index is 0.0434. The van der Waals surface area contributed by atoms with E-state index in [9.17, 15) is 9.59 Å². The molecule has 0 aromatic heterocycles. The topological polar surface area (TPSA) is 87.9 Å². The van der Waals surface area contributed by atoms with Crippen LogP contribution in [-0.2, 0) is 19.1 Å². The van der Waals surface area contributed by atoms with E-state index in [2.05, 4.69) is 24.3 Å². The lowest BCUT2D eigenvalue weighted by molar-refractivity contribution is -0.143. The van der Waals surface area contributed by atoms with Crippen LogP contribution in [0.5, 0.6) is 5.75 Å². The molecule has 1 atom stereocenters. The van der Waals surface area contributed by atoms with Crippen molar-refractivity contribution in [3.63, 3.8) is 0 Å². The predicted octanol–water partition coefficient (Wildman–Crippen LogP) is 5.16. The highest BCUT2D eigenvalue weighted by molar-refractivity contribution is 6.08. The van der Waals surface area contributed by atoms with E-state index in [1.165, 1.54) is 22.3 Å². The largest absolute Gasteiger partial charge is 0.466 e. The van der Waals surface area contributed by atoms with Crippen LogP contribution in [0.2, 0.25) is 0 Å². The smallest absolute Gasteiger partial charge is 0.340 e. The molecule has 0 saturated carbocycles. The second-order valence-electron chi connectivity index (χ2n) is 8.19. The Labute approximate surface area is 197 Å². The summed E-state index contributed by atoms with van der Waals surface area (Å²) >= 11 is 0. The number of carbonyl (C=O) groups is 2. The Morgan fingerprint density at radius 1 is 0.882 bits per heavy atom. The normalized spacial score (nSPS) is 15.3. The lowest BCUT2D eigenvalue weighted by Gasteiger charge is -2.29. The number of fused-ring (bicyclic) bond motifs is 5. The molecule has 1 unspecified atom stereocenters. The number of benzene rings is 3. The molecule has 1 aliphatic carbocycles. The second-order valence-corrected chi connectivity index (χ2v) is 8.19. The molecule has 172 valence electrons. The molecule has 0 saturated heterocycles. The average molecular weight is 456 g/mol. The van der Waals surface area contributed by atoms with Crippen molar-refractivity contribution in [2.75, 3.05) is 13.2 Å². The van der Waals surface area contributed by atoms with Crippen molar-refractivity contribution in [1.82, 2.24) is 0 Å². The summed E-state index contributed by atoms with van der Waals surface area (Å²) in [4.78, 5) is 25.3. The second kappa shape index (κ2) is 8.71. The maximum atomic E-state index is 12.8. The average Bonchev–Trinajstić information content (AvgIpc) is 2.82. The van der Waals surface area contributed by atoms with Crippen LogP contribution in [0.15, 0.2) is 72.1 Å². The first-order valence-electron chi connectivity index (χ1n) is 11.4.